The van der Waals surface area contributed by atoms with Crippen molar-refractivity contribution in [1.82, 2.24) is 15.0 Å². The third kappa shape index (κ3) is 2.09. The summed E-state index contributed by atoms with van der Waals surface area (Å²) < 4.78 is 5.00. The van der Waals surface area contributed by atoms with Crippen LogP contribution in [0.2, 0.25) is 0 Å². The molecule has 6 heteroatoms. The maximum Gasteiger partial charge on any atom is 0.261 e. The van der Waals surface area contributed by atoms with Crippen LogP contribution in [0.4, 0.5) is 0 Å². The fourth-order valence-electron chi connectivity index (χ4n) is 2.27. The maximum atomic E-state index is 12.1. The van der Waals surface area contributed by atoms with E-state index in [1.165, 1.54) is 4.90 Å². The van der Waals surface area contributed by atoms with Crippen molar-refractivity contribution >= 4 is 11.8 Å². The fourth-order valence-corrected chi connectivity index (χ4v) is 2.27. The molecule has 0 unspecified atom stereocenters. The number of fused-ring (bicyclic) bond motifs is 1. The van der Waals surface area contributed by atoms with Gasteiger partial charge in [-0.05, 0) is 25.5 Å². The van der Waals surface area contributed by atoms with Crippen LogP contribution in [-0.2, 0) is 6.42 Å². The van der Waals surface area contributed by atoms with Gasteiger partial charge in [0.05, 0.1) is 11.1 Å². The molecule has 1 aromatic heterocycles. The highest BCUT2D eigenvalue weighted by Crippen LogP contribution is 2.22. The van der Waals surface area contributed by atoms with Gasteiger partial charge in [-0.25, -0.2) is 0 Å². The van der Waals surface area contributed by atoms with E-state index in [9.17, 15) is 9.59 Å². The van der Waals surface area contributed by atoms with Crippen molar-refractivity contribution in [1.29, 1.82) is 0 Å². The number of amides is 2. The highest BCUT2D eigenvalue weighted by molar-refractivity contribution is 6.21. The first-order valence-electron chi connectivity index (χ1n) is 6.41. The van der Waals surface area contributed by atoms with Crippen LogP contribution in [-0.4, -0.2) is 33.4 Å². The predicted octanol–water partition coefficient (Wildman–Crippen LogP) is 1.61. The third-order valence-corrected chi connectivity index (χ3v) is 3.22. The molecule has 0 N–H and O–H groups in total. The molecular weight excluding hydrogens is 258 g/mol. The minimum atomic E-state index is -0.229. The summed E-state index contributed by atoms with van der Waals surface area (Å²) in [6, 6.07) is 6.87. The molecule has 1 aromatic carbocycles. The molecule has 102 valence electrons. The normalized spacial score (nSPS) is 13.9. The zero-order valence-electron chi connectivity index (χ0n) is 11.0. The first-order chi connectivity index (χ1) is 9.66. The summed E-state index contributed by atoms with van der Waals surface area (Å²) in [5, 5.41) is 3.70. The van der Waals surface area contributed by atoms with Crippen LogP contribution in [0.1, 0.15) is 38.9 Å². The average molecular weight is 271 g/mol. The van der Waals surface area contributed by atoms with E-state index in [2.05, 4.69) is 10.1 Å². The highest BCUT2D eigenvalue weighted by Gasteiger charge is 2.34. The SMILES string of the molecule is Cc1noc(CCCN2C(=O)c3ccccc3C2=O)n1. The summed E-state index contributed by atoms with van der Waals surface area (Å²) in [4.78, 5) is 29.6. The Balaban J connectivity index is 1.65. The second-order valence-corrected chi connectivity index (χ2v) is 4.65. The lowest BCUT2D eigenvalue weighted by molar-refractivity contribution is 0.0651. The van der Waals surface area contributed by atoms with Crippen LogP contribution < -0.4 is 0 Å². The quantitative estimate of drug-likeness (QED) is 0.789. The summed E-state index contributed by atoms with van der Waals surface area (Å²) in [7, 11) is 0. The van der Waals surface area contributed by atoms with Gasteiger partial charge in [-0.3, -0.25) is 14.5 Å². The molecule has 20 heavy (non-hydrogen) atoms. The van der Waals surface area contributed by atoms with Gasteiger partial charge in [0.1, 0.15) is 0 Å². The monoisotopic (exact) mass is 271 g/mol. The maximum absolute atomic E-state index is 12.1. The lowest BCUT2D eigenvalue weighted by Gasteiger charge is -2.12. The molecule has 0 saturated carbocycles. The number of imide groups is 1. The Morgan fingerprint density at radius 2 is 1.80 bits per heavy atom. The number of rotatable bonds is 4. The van der Waals surface area contributed by atoms with E-state index in [1.807, 2.05) is 0 Å². The third-order valence-electron chi connectivity index (χ3n) is 3.22. The Labute approximate surface area is 115 Å². The molecule has 2 amide bonds. The van der Waals surface area contributed by atoms with Crippen LogP contribution in [0.5, 0.6) is 0 Å². The molecule has 2 aromatic rings. The van der Waals surface area contributed by atoms with E-state index in [0.717, 1.165) is 0 Å². The lowest BCUT2D eigenvalue weighted by atomic mass is 10.1. The number of aromatic nitrogens is 2. The molecule has 6 nitrogen and oxygen atoms in total. The summed E-state index contributed by atoms with van der Waals surface area (Å²) in [6.45, 7) is 2.10. The number of carbonyl (C=O) groups is 2. The zero-order valence-corrected chi connectivity index (χ0v) is 11.0. The van der Waals surface area contributed by atoms with Crippen LogP contribution in [0.25, 0.3) is 0 Å². The molecule has 1 aliphatic rings. The standard InChI is InChI=1S/C14H13N3O3/c1-9-15-12(20-16-9)7-4-8-17-13(18)10-5-2-3-6-11(10)14(17)19/h2-3,5-6H,4,7-8H2,1H3. The molecule has 0 atom stereocenters. The first kappa shape index (κ1) is 12.5. The number of benzene rings is 1. The van der Waals surface area contributed by atoms with Gasteiger partial charge in [0, 0.05) is 13.0 Å². The van der Waals surface area contributed by atoms with E-state index >= 15 is 0 Å². The van der Waals surface area contributed by atoms with Gasteiger partial charge in [0.15, 0.2) is 5.82 Å². The van der Waals surface area contributed by atoms with E-state index in [4.69, 9.17) is 4.52 Å². The Kier molecular flexibility index (Phi) is 3.06. The Hall–Kier alpha value is -2.50. The van der Waals surface area contributed by atoms with Crippen LogP contribution >= 0.6 is 0 Å². The number of hydrogen-bond donors (Lipinski definition) is 0. The van der Waals surface area contributed by atoms with Gasteiger partial charge in [-0.2, -0.15) is 4.98 Å². The van der Waals surface area contributed by atoms with Crippen LogP contribution in [0.3, 0.4) is 0 Å². The first-order valence-corrected chi connectivity index (χ1v) is 6.41. The van der Waals surface area contributed by atoms with Crippen LogP contribution in [0.15, 0.2) is 28.8 Å². The summed E-state index contributed by atoms with van der Waals surface area (Å²) in [5.41, 5.74) is 0.956. The molecule has 0 spiro atoms. The molecule has 0 radical (unpaired) electrons. The molecule has 2 heterocycles. The van der Waals surface area contributed by atoms with Gasteiger partial charge in [-0.1, -0.05) is 17.3 Å². The Bertz CT molecular complexity index is 643. The number of hydrogen-bond acceptors (Lipinski definition) is 5. The molecule has 0 fully saturated rings. The van der Waals surface area contributed by atoms with Gasteiger partial charge < -0.3 is 4.52 Å². The topological polar surface area (TPSA) is 76.3 Å². The summed E-state index contributed by atoms with van der Waals surface area (Å²) in [6.07, 6.45) is 1.15. The lowest BCUT2D eigenvalue weighted by Crippen LogP contribution is -2.30. The van der Waals surface area contributed by atoms with E-state index in [-0.39, 0.29) is 11.8 Å². The second-order valence-electron chi connectivity index (χ2n) is 4.65. The zero-order chi connectivity index (χ0) is 14.1. The fraction of sp³-hybridized carbons (Fsp3) is 0.286. The van der Waals surface area contributed by atoms with E-state index in [1.54, 1.807) is 31.2 Å². The highest BCUT2D eigenvalue weighted by atomic mass is 16.5. The van der Waals surface area contributed by atoms with Gasteiger partial charge in [-0.15, -0.1) is 0 Å². The number of aryl methyl sites for hydroxylation is 2. The molecule has 0 aliphatic carbocycles. The minimum absolute atomic E-state index is 0.229. The van der Waals surface area contributed by atoms with Crippen molar-refractivity contribution < 1.29 is 14.1 Å². The predicted molar refractivity (Wildman–Crippen MR) is 69.2 cm³/mol. The summed E-state index contributed by atoms with van der Waals surface area (Å²) >= 11 is 0. The molecular formula is C14H13N3O3. The van der Waals surface area contributed by atoms with Crippen molar-refractivity contribution in [3.8, 4) is 0 Å². The average Bonchev–Trinajstić information content (AvgIpc) is 2.97. The van der Waals surface area contributed by atoms with Crippen molar-refractivity contribution in [3.63, 3.8) is 0 Å². The van der Waals surface area contributed by atoms with E-state index < -0.39 is 0 Å². The molecule has 3 rings (SSSR count). The van der Waals surface area contributed by atoms with Crippen molar-refractivity contribution in [2.75, 3.05) is 6.54 Å². The van der Waals surface area contributed by atoms with Crippen molar-refractivity contribution in [3.05, 3.63) is 47.1 Å². The number of nitrogens with zero attached hydrogens (tertiary/aromatic N) is 3. The van der Waals surface area contributed by atoms with Gasteiger partial charge in [0.2, 0.25) is 5.89 Å². The Morgan fingerprint density at radius 1 is 1.15 bits per heavy atom. The molecule has 0 saturated heterocycles. The van der Waals surface area contributed by atoms with Crippen LogP contribution in [0, 0.1) is 6.92 Å². The van der Waals surface area contributed by atoms with Crippen molar-refractivity contribution in [2.24, 2.45) is 0 Å². The largest absolute Gasteiger partial charge is 0.339 e. The van der Waals surface area contributed by atoms with Gasteiger partial charge in [0.25, 0.3) is 11.8 Å². The molecule has 1 aliphatic heterocycles. The Morgan fingerprint density at radius 3 is 2.35 bits per heavy atom. The molecule has 0 bridgehead atoms. The smallest absolute Gasteiger partial charge is 0.261 e. The minimum Gasteiger partial charge on any atom is -0.339 e. The van der Waals surface area contributed by atoms with E-state index in [0.29, 0.717) is 42.2 Å². The van der Waals surface area contributed by atoms with Crippen molar-refractivity contribution in [2.45, 2.75) is 19.8 Å². The number of carbonyl (C=O) groups excluding carboxylic acids is 2. The van der Waals surface area contributed by atoms with Gasteiger partial charge >= 0.3 is 0 Å². The second kappa shape index (κ2) is 4.88. The summed E-state index contributed by atoms with van der Waals surface area (Å²) in [5.74, 6) is 0.652.